The van der Waals surface area contributed by atoms with E-state index in [2.05, 4.69) is 13.5 Å². The summed E-state index contributed by atoms with van der Waals surface area (Å²) in [6.07, 6.45) is 15.1. The van der Waals surface area contributed by atoms with Crippen LogP contribution in [0, 0.1) is 0 Å². The summed E-state index contributed by atoms with van der Waals surface area (Å²) in [5.74, 6) is 0. The Morgan fingerprint density at radius 2 is 1.35 bits per heavy atom. The molecule has 0 heterocycles. The molecule has 0 aliphatic carbocycles. The fourth-order valence-electron chi connectivity index (χ4n) is 2.02. The maximum absolute atomic E-state index is 9.33. The summed E-state index contributed by atoms with van der Waals surface area (Å²) in [4.78, 5) is 0. The highest BCUT2D eigenvalue weighted by atomic mass is 16.5. The lowest BCUT2D eigenvalue weighted by atomic mass is 10.1. The van der Waals surface area contributed by atoms with Crippen LogP contribution < -0.4 is 0 Å². The van der Waals surface area contributed by atoms with Gasteiger partial charge in [0.05, 0.1) is 0 Å². The van der Waals surface area contributed by atoms with Gasteiger partial charge in [0.1, 0.15) is 0 Å². The monoisotopic (exact) mass is 241 g/mol. The highest BCUT2D eigenvalue weighted by Crippen LogP contribution is 2.10. The average Bonchev–Trinajstić information content (AvgIpc) is 2.32. The van der Waals surface area contributed by atoms with Gasteiger partial charge in [-0.15, -0.1) is 6.58 Å². The molecule has 0 aromatic rings. The van der Waals surface area contributed by atoms with Gasteiger partial charge in [-0.2, -0.15) is 5.06 Å². The molecule has 0 spiro atoms. The van der Waals surface area contributed by atoms with Crippen LogP contribution in [0.4, 0.5) is 0 Å². The third kappa shape index (κ3) is 13.6. The molecular formula is C15H31NO. The van der Waals surface area contributed by atoms with Gasteiger partial charge in [0.2, 0.25) is 0 Å². The van der Waals surface area contributed by atoms with Gasteiger partial charge < -0.3 is 5.21 Å². The first kappa shape index (κ1) is 16.7. The fraction of sp³-hybridized carbons (Fsp3) is 0.867. The van der Waals surface area contributed by atoms with Crippen LogP contribution in [0.3, 0.4) is 0 Å². The number of hydrogen-bond acceptors (Lipinski definition) is 2. The number of hydroxylamine groups is 2. The van der Waals surface area contributed by atoms with Crippen molar-refractivity contribution in [2.45, 2.75) is 71.1 Å². The molecule has 0 saturated carbocycles. The predicted octanol–water partition coefficient (Wildman–Crippen LogP) is 4.78. The Morgan fingerprint density at radius 1 is 0.882 bits per heavy atom. The van der Waals surface area contributed by atoms with E-state index < -0.39 is 0 Å². The average molecular weight is 241 g/mol. The Morgan fingerprint density at radius 3 is 1.82 bits per heavy atom. The van der Waals surface area contributed by atoms with Crippen molar-refractivity contribution in [2.24, 2.45) is 0 Å². The summed E-state index contributed by atoms with van der Waals surface area (Å²) in [5, 5.41) is 10.7. The normalized spacial score (nSPS) is 11.0. The van der Waals surface area contributed by atoms with E-state index in [1.54, 1.807) is 6.08 Å². The zero-order valence-electron chi connectivity index (χ0n) is 11.7. The van der Waals surface area contributed by atoms with Crippen LogP contribution in [-0.2, 0) is 0 Å². The Bertz CT molecular complexity index is 159. The molecule has 0 aliphatic rings. The van der Waals surface area contributed by atoms with E-state index in [0.717, 1.165) is 13.0 Å². The molecule has 0 saturated heterocycles. The smallest absolute Gasteiger partial charge is 0.0416 e. The number of hydrogen-bond donors (Lipinski definition) is 1. The maximum atomic E-state index is 9.33. The number of unbranched alkanes of at least 4 members (excludes halogenated alkanes) is 9. The first-order chi connectivity index (χ1) is 8.31. The molecule has 102 valence electrons. The van der Waals surface area contributed by atoms with Gasteiger partial charge in [-0.3, -0.25) is 0 Å². The molecule has 1 N–H and O–H groups in total. The van der Waals surface area contributed by atoms with Crippen LogP contribution in [0.15, 0.2) is 12.7 Å². The van der Waals surface area contributed by atoms with Crippen LogP contribution in [0.1, 0.15) is 71.1 Å². The van der Waals surface area contributed by atoms with Gasteiger partial charge in [0.15, 0.2) is 0 Å². The summed E-state index contributed by atoms with van der Waals surface area (Å²) in [5.41, 5.74) is 0. The van der Waals surface area contributed by atoms with Crippen molar-refractivity contribution in [3.8, 4) is 0 Å². The highest BCUT2D eigenvalue weighted by molar-refractivity contribution is 4.68. The lowest BCUT2D eigenvalue weighted by Gasteiger charge is -2.11. The Balaban J connectivity index is 3.00. The SMILES string of the molecule is C=CCN(O)CCCCCCCCCCCC. The van der Waals surface area contributed by atoms with E-state index >= 15 is 0 Å². The van der Waals surface area contributed by atoms with Crippen molar-refractivity contribution in [1.82, 2.24) is 5.06 Å². The molecule has 0 rings (SSSR count). The molecule has 0 aliphatic heterocycles. The fourth-order valence-corrected chi connectivity index (χ4v) is 2.02. The molecule has 0 aromatic heterocycles. The number of rotatable bonds is 13. The van der Waals surface area contributed by atoms with Crippen molar-refractivity contribution >= 4 is 0 Å². The van der Waals surface area contributed by atoms with Gasteiger partial charge in [-0.1, -0.05) is 70.8 Å². The van der Waals surface area contributed by atoms with Crippen molar-refractivity contribution < 1.29 is 5.21 Å². The minimum absolute atomic E-state index is 0.581. The third-order valence-corrected chi connectivity index (χ3v) is 3.11. The summed E-state index contributed by atoms with van der Waals surface area (Å²) in [6, 6.07) is 0. The van der Waals surface area contributed by atoms with Gasteiger partial charge in [-0.25, -0.2) is 0 Å². The first-order valence-electron chi connectivity index (χ1n) is 7.36. The van der Waals surface area contributed by atoms with Crippen molar-refractivity contribution in [1.29, 1.82) is 0 Å². The van der Waals surface area contributed by atoms with Crippen molar-refractivity contribution in [3.05, 3.63) is 12.7 Å². The van der Waals surface area contributed by atoms with E-state index in [1.165, 1.54) is 62.9 Å². The summed E-state index contributed by atoms with van der Waals surface area (Å²) < 4.78 is 0. The molecule has 2 nitrogen and oxygen atoms in total. The summed E-state index contributed by atoms with van der Waals surface area (Å²) >= 11 is 0. The first-order valence-corrected chi connectivity index (χ1v) is 7.36. The van der Waals surface area contributed by atoms with Crippen LogP contribution in [0.5, 0.6) is 0 Å². The molecule has 0 amide bonds. The minimum atomic E-state index is 0.581. The van der Waals surface area contributed by atoms with E-state index in [9.17, 15) is 5.21 Å². The number of nitrogens with zero attached hydrogens (tertiary/aromatic N) is 1. The van der Waals surface area contributed by atoms with Gasteiger partial charge in [0.25, 0.3) is 0 Å². The van der Waals surface area contributed by atoms with Crippen molar-refractivity contribution in [2.75, 3.05) is 13.1 Å². The lowest BCUT2D eigenvalue weighted by Crippen LogP contribution is -2.20. The molecule has 0 bridgehead atoms. The van der Waals surface area contributed by atoms with Crippen LogP contribution in [0.25, 0.3) is 0 Å². The zero-order valence-corrected chi connectivity index (χ0v) is 11.7. The van der Waals surface area contributed by atoms with Crippen LogP contribution >= 0.6 is 0 Å². The molecule has 2 heteroatoms. The standard InChI is InChI=1S/C15H31NO/c1-3-5-6-7-8-9-10-11-12-13-15-16(17)14-4-2/h4,17H,2-3,5-15H2,1H3. The van der Waals surface area contributed by atoms with Crippen molar-refractivity contribution in [3.63, 3.8) is 0 Å². The van der Waals surface area contributed by atoms with Crippen LogP contribution in [0.2, 0.25) is 0 Å². The second-order valence-electron chi connectivity index (χ2n) is 4.88. The third-order valence-electron chi connectivity index (χ3n) is 3.11. The molecule has 0 aromatic carbocycles. The molecule has 0 unspecified atom stereocenters. The predicted molar refractivity (Wildman–Crippen MR) is 75.4 cm³/mol. The van der Waals surface area contributed by atoms with E-state index in [0.29, 0.717) is 6.54 Å². The van der Waals surface area contributed by atoms with Crippen LogP contribution in [-0.4, -0.2) is 23.4 Å². The van der Waals surface area contributed by atoms with Gasteiger partial charge in [-0.05, 0) is 6.42 Å². The quantitative estimate of drug-likeness (QED) is 0.285. The van der Waals surface area contributed by atoms with E-state index in [4.69, 9.17) is 0 Å². The second-order valence-corrected chi connectivity index (χ2v) is 4.88. The lowest BCUT2D eigenvalue weighted by molar-refractivity contribution is -0.0810. The Labute approximate surface area is 108 Å². The summed E-state index contributed by atoms with van der Waals surface area (Å²) in [7, 11) is 0. The molecule has 0 atom stereocenters. The molecule has 17 heavy (non-hydrogen) atoms. The molecular weight excluding hydrogens is 210 g/mol. The topological polar surface area (TPSA) is 23.5 Å². The Kier molecular flexibility index (Phi) is 13.4. The highest BCUT2D eigenvalue weighted by Gasteiger charge is 1.97. The van der Waals surface area contributed by atoms with Gasteiger partial charge in [0, 0.05) is 13.1 Å². The summed E-state index contributed by atoms with van der Waals surface area (Å²) in [6.45, 7) is 7.22. The van der Waals surface area contributed by atoms with E-state index in [-0.39, 0.29) is 0 Å². The largest absolute Gasteiger partial charge is 0.314 e. The van der Waals surface area contributed by atoms with E-state index in [1.807, 2.05) is 0 Å². The second kappa shape index (κ2) is 13.7. The maximum Gasteiger partial charge on any atom is 0.0416 e. The minimum Gasteiger partial charge on any atom is -0.314 e. The van der Waals surface area contributed by atoms with Gasteiger partial charge >= 0.3 is 0 Å². The zero-order chi connectivity index (χ0) is 12.8. The Hall–Kier alpha value is -0.340. The molecule has 0 fully saturated rings. The molecule has 0 radical (unpaired) electrons.